The molecule has 3 amide bonds. The molecule has 1 aliphatic heterocycles. The molecular formula is C18H14BrClN2O3. The maximum absolute atomic E-state index is 12.5. The molecule has 0 saturated carbocycles. The highest BCUT2D eigenvalue weighted by molar-refractivity contribution is 9.10. The minimum absolute atomic E-state index is 0.0592. The molecule has 0 bridgehead atoms. The Kier molecular flexibility index (Phi) is 4.83. The maximum Gasteiger partial charge on any atom is 0.329 e. The average Bonchev–Trinajstić information content (AvgIpc) is 2.80. The topological polar surface area (TPSA) is 69.6 Å². The number of hydrogen-bond donors (Lipinski definition) is 2. The fourth-order valence-electron chi connectivity index (χ4n) is 2.56. The number of carbonyl (C=O) groups excluding carboxylic acids is 2. The van der Waals surface area contributed by atoms with Gasteiger partial charge in [-0.2, -0.15) is 0 Å². The number of phenolic OH excluding ortho intramolecular Hbond substituents is 1. The smallest absolute Gasteiger partial charge is 0.329 e. The van der Waals surface area contributed by atoms with Crippen molar-refractivity contribution >= 4 is 45.5 Å². The molecule has 1 fully saturated rings. The van der Waals surface area contributed by atoms with Gasteiger partial charge in [0.2, 0.25) is 0 Å². The van der Waals surface area contributed by atoms with Crippen molar-refractivity contribution in [2.24, 2.45) is 0 Å². The molecule has 2 aromatic carbocycles. The van der Waals surface area contributed by atoms with Crippen LogP contribution in [0.2, 0.25) is 5.02 Å². The molecule has 1 aliphatic rings. The van der Waals surface area contributed by atoms with Gasteiger partial charge in [-0.15, -0.1) is 0 Å². The van der Waals surface area contributed by atoms with E-state index in [1.807, 2.05) is 31.2 Å². The van der Waals surface area contributed by atoms with E-state index in [1.54, 1.807) is 0 Å². The highest BCUT2D eigenvalue weighted by Gasteiger charge is 2.33. The number of nitrogens with one attached hydrogen (secondary N) is 1. The Morgan fingerprint density at radius 1 is 1.28 bits per heavy atom. The van der Waals surface area contributed by atoms with Crippen molar-refractivity contribution in [3.63, 3.8) is 0 Å². The first-order valence-corrected chi connectivity index (χ1v) is 8.60. The van der Waals surface area contributed by atoms with Crippen LogP contribution in [0.3, 0.4) is 0 Å². The van der Waals surface area contributed by atoms with Crippen molar-refractivity contribution in [2.75, 3.05) is 0 Å². The first-order valence-electron chi connectivity index (χ1n) is 7.43. The summed E-state index contributed by atoms with van der Waals surface area (Å²) in [4.78, 5) is 25.8. The largest absolute Gasteiger partial charge is 0.506 e. The molecule has 0 radical (unpaired) electrons. The number of amides is 3. The number of nitrogens with zero attached hydrogens (tertiary/aromatic N) is 1. The first-order chi connectivity index (χ1) is 11.8. The molecule has 1 saturated heterocycles. The van der Waals surface area contributed by atoms with Crippen LogP contribution in [-0.4, -0.2) is 21.9 Å². The van der Waals surface area contributed by atoms with Gasteiger partial charge in [0.15, 0.2) is 0 Å². The summed E-state index contributed by atoms with van der Waals surface area (Å²) >= 11 is 9.16. The second kappa shape index (κ2) is 6.90. The number of benzene rings is 2. The molecule has 128 valence electrons. The number of halogens is 2. The molecule has 0 aliphatic carbocycles. The fourth-order valence-corrected chi connectivity index (χ4v) is 3.39. The molecule has 0 aromatic heterocycles. The number of hydrogen-bond acceptors (Lipinski definition) is 3. The minimum atomic E-state index is -0.502. The number of phenols is 1. The van der Waals surface area contributed by atoms with E-state index in [1.165, 1.54) is 18.2 Å². The van der Waals surface area contributed by atoms with Crippen LogP contribution in [0.5, 0.6) is 5.75 Å². The number of carbonyl (C=O) groups is 2. The number of aryl methyl sites for hydroxylation is 1. The van der Waals surface area contributed by atoms with E-state index >= 15 is 0 Å². The van der Waals surface area contributed by atoms with Crippen LogP contribution in [0, 0.1) is 6.92 Å². The Labute approximate surface area is 158 Å². The summed E-state index contributed by atoms with van der Waals surface area (Å²) in [5.74, 6) is -0.516. The Morgan fingerprint density at radius 2 is 2.04 bits per heavy atom. The van der Waals surface area contributed by atoms with Crippen LogP contribution in [0.1, 0.15) is 16.7 Å². The summed E-state index contributed by atoms with van der Waals surface area (Å²) in [6.07, 6.45) is 1.41. The van der Waals surface area contributed by atoms with E-state index in [9.17, 15) is 14.7 Å². The van der Waals surface area contributed by atoms with Crippen molar-refractivity contribution in [3.8, 4) is 5.75 Å². The van der Waals surface area contributed by atoms with Crippen LogP contribution in [-0.2, 0) is 11.3 Å². The monoisotopic (exact) mass is 420 g/mol. The minimum Gasteiger partial charge on any atom is -0.506 e. The summed E-state index contributed by atoms with van der Waals surface area (Å²) in [5, 5.41) is 13.0. The Balaban J connectivity index is 1.89. The van der Waals surface area contributed by atoms with E-state index in [0.717, 1.165) is 16.0 Å². The summed E-state index contributed by atoms with van der Waals surface area (Å²) in [5.41, 5.74) is 2.33. The average molecular weight is 422 g/mol. The van der Waals surface area contributed by atoms with Gasteiger partial charge in [-0.1, -0.05) is 41.4 Å². The van der Waals surface area contributed by atoms with Crippen molar-refractivity contribution in [2.45, 2.75) is 13.5 Å². The van der Waals surface area contributed by atoms with Crippen LogP contribution < -0.4 is 5.32 Å². The molecule has 2 N–H and O–H groups in total. The van der Waals surface area contributed by atoms with Crippen molar-refractivity contribution in [1.29, 1.82) is 0 Å². The van der Waals surface area contributed by atoms with Gasteiger partial charge in [0.1, 0.15) is 11.4 Å². The highest BCUT2D eigenvalue weighted by Crippen LogP contribution is 2.33. The predicted octanol–water partition coefficient (Wildman–Crippen LogP) is 4.21. The zero-order chi connectivity index (χ0) is 18.1. The fraction of sp³-hybridized carbons (Fsp3) is 0.111. The Hall–Kier alpha value is -2.31. The molecule has 0 spiro atoms. The van der Waals surface area contributed by atoms with E-state index in [2.05, 4.69) is 21.2 Å². The Bertz CT molecular complexity index is 911. The van der Waals surface area contributed by atoms with Gasteiger partial charge in [0.25, 0.3) is 5.91 Å². The van der Waals surface area contributed by atoms with Gasteiger partial charge in [-0.3, -0.25) is 9.69 Å². The highest BCUT2D eigenvalue weighted by atomic mass is 79.9. The first kappa shape index (κ1) is 17.5. The molecule has 7 heteroatoms. The van der Waals surface area contributed by atoms with Gasteiger partial charge >= 0.3 is 6.03 Å². The molecular weight excluding hydrogens is 408 g/mol. The van der Waals surface area contributed by atoms with Crippen molar-refractivity contribution in [1.82, 2.24) is 10.2 Å². The van der Waals surface area contributed by atoms with E-state index < -0.39 is 11.9 Å². The van der Waals surface area contributed by atoms with E-state index in [4.69, 9.17) is 11.6 Å². The molecule has 0 unspecified atom stereocenters. The second-order valence-corrected chi connectivity index (χ2v) is 6.98. The number of aromatic hydroxyl groups is 1. The third-order valence-corrected chi connectivity index (χ3v) is 4.57. The van der Waals surface area contributed by atoms with Gasteiger partial charge in [-0.25, -0.2) is 4.79 Å². The van der Waals surface area contributed by atoms with E-state index in [-0.39, 0.29) is 18.0 Å². The lowest BCUT2D eigenvalue weighted by Gasteiger charge is -2.12. The molecule has 3 rings (SSSR count). The quantitative estimate of drug-likeness (QED) is 0.576. The predicted molar refractivity (Wildman–Crippen MR) is 99.1 cm³/mol. The molecule has 5 nitrogen and oxygen atoms in total. The van der Waals surface area contributed by atoms with Gasteiger partial charge in [0.05, 0.1) is 11.0 Å². The zero-order valence-electron chi connectivity index (χ0n) is 13.2. The lowest BCUT2D eigenvalue weighted by atomic mass is 10.1. The van der Waals surface area contributed by atoms with E-state index in [0.29, 0.717) is 15.1 Å². The van der Waals surface area contributed by atoms with Crippen LogP contribution in [0.4, 0.5) is 4.79 Å². The number of rotatable bonds is 3. The van der Waals surface area contributed by atoms with Crippen LogP contribution in [0.25, 0.3) is 6.08 Å². The van der Waals surface area contributed by atoms with Gasteiger partial charge in [0, 0.05) is 10.6 Å². The van der Waals surface area contributed by atoms with Gasteiger partial charge in [-0.05, 0) is 46.6 Å². The molecule has 1 heterocycles. The van der Waals surface area contributed by atoms with Crippen molar-refractivity contribution in [3.05, 3.63) is 68.3 Å². The second-order valence-electron chi connectivity index (χ2n) is 5.69. The summed E-state index contributed by atoms with van der Waals surface area (Å²) in [6, 6.07) is 10.1. The summed E-state index contributed by atoms with van der Waals surface area (Å²) in [7, 11) is 0. The molecule has 2 aromatic rings. The standard InChI is InChI=1S/C18H14BrClN2O3/c1-10-3-2-4-11(5-10)9-22-17(24)15(21-18(22)25)7-12-6-13(20)8-14(19)16(12)23/h2-8,23H,9H2,1H3,(H,21,25)/b15-7+. The number of urea groups is 1. The van der Waals surface area contributed by atoms with Gasteiger partial charge < -0.3 is 10.4 Å². The summed E-state index contributed by atoms with van der Waals surface area (Å²) in [6.45, 7) is 2.12. The third-order valence-electron chi connectivity index (χ3n) is 3.74. The SMILES string of the molecule is Cc1cccc(CN2C(=O)N/C(=C/c3cc(Cl)cc(Br)c3O)C2=O)c1. The lowest BCUT2D eigenvalue weighted by Crippen LogP contribution is -2.30. The third kappa shape index (κ3) is 3.70. The Morgan fingerprint density at radius 3 is 2.76 bits per heavy atom. The maximum atomic E-state index is 12.5. The number of imide groups is 1. The zero-order valence-corrected chi connectivity index (χ0v) is 15.6. The van der Waals surface area contributed by atoms with Crippen LogP contribution in [0.15, 0.2) is 46.6 Å². The summed E-state index contributed by atoms with van der Waals surface area (Å²) < 4.78 is 0.403. The molecule has 25 heavy (non-hydrogen) atoms. The molecule has 0 atom stereocenters. The lowest BCUT2D eigenvalue weighted by molar-refractivity contribution is -0.123. The van der Waals surface area contributed by atoms with Crippen molar-refractivity contribution < 1.29 is 14.7 Å². The van der Waals surface area contributed by atoms with Crippen LogP contribution >= 0.6 is 27.5 Å². The normalized spacial score (nSPS) is 15.8.